The van der Waals surface area contributed by atoms with Gasteiger partial charge in [0.2, 0.25) is 0 Å². The molecule has 2 N–H and O–H groups in total. The molecule has 1 fully saturated rings. The third-order valence-corrected chi connectivity index (χ3v) is 2.44. The van der Waals surface area contributed by atoms with Crippen molar-refractivity contribution in [3.05, 3.63) is 0 Å². The summed E-state index contributed by atoms with van der Waals surface area (Å²) in [4.78, 5) is 0. The Morgan fingerprint density at radius 3 is 2.42 bits per heavy atom. The van der Waals surface area contributed by atoms with Gasteiger partial charge in [-0.3, -0.25) is 0 Å². The minimum atomic E-state index is 0.217. The summed E-state index contributed by atoms with van der Waals surface area (Å²) >= 11 is 0. The quantitative estimate of drug-likeness (QED) is 0.660. The monoisotopic (exact) mass is 171 g/mol. The molecule has 1 rings (SSSR count). The zero-order valence-electron chi connectivity index (χ0n) is 8.43. The van der Waals surface area contributed by atoms with E-state index >= 15 is 0 Å². The SMILES string of the molecule is CC(C)(C)NC1CC[C@H](CO)C1. The van der Waals surface area contributed by atoms with Crippen LogP contribution in [-0.2, 0) is 0 Å². The number of nitrogens with one attached hydrogen (secondary N) is 1. The maximum Gasteiger partial charge on any atom is 0.0459 e. The Morgan fingerprint density at radius 2 is 2.00 bits per heavy atom. The fraction of sp³-hybridized carbons (Fsp3) is 1.00. The molecule has 0 aliphatic heterocycles. The Labute approximate surface area is 75.4 Å². The zero-order valence-corrected chi connectivity index (χ0v) is 8.43. The molecule has 0 aromatic carbocycles. The minimum Gasteiger partial charge on any atom is -0.396 e. The number of rotatable bonds is 2. The van der Waals surface area contributed by atoms with Crippen molar-refractivity contribution in [3.63, 3.8) is 0 Å². The first-order valence-corrected chi connectivity index (χ1v) is 4.90. The maximum absolute atomic E-state index is 8.95. The average molecular weight is 171 g/mol. The second-order valence-corrected chi connectivity index (χ2v) is 4.95. The minimum absolute atomic E-state index is 0.217. The van der Waals surface area contributed by atoms with Crippen LogP contribution in [0.25, 0.3) is 0 Å². The Kier molecular flexibility index (Phi) is 3.13. The largest absolute Gasteiger partial charge is 0.396 e. The molecule has 72 valence electrons. The van der Waals surface area contributed by atoms with Crippen molar-refractivity contribution in [3.8, 4) is 0 Å². The summed E-state index contributed by atoms with van der Waals surface area (Å²) in [7, 11) is 0. The first-order chi connectivity index (χ1) is 5.51. The van der Waals surface area contributed by atoms with E-state index in [0.29, 0.717) is 18.6 Å². The van der Waals surface area contributed by atoms with E-state index in [1.54, 1.807) is 0 Å². The lowest BCUT2D eigenvalue weighted by Gasteiger charge is -2.25. The van der Waals surface area contributed by atoms with Gasteiger partial charge in [0, 0.05) is 18.2 Å². The highest BCUT2D eigenvalue weighted by Gasteiger charge is 2.26. The number of hydrogen-bond donors (Lipinski definition) is 2. The van der Waals surface area contributed by atoms with Crippen molar-refractivity contribution in [1.29, 1.82) is 0 Å². The van der Waals surface area contributed by atoms with Crippen LogP contribution in [0.3, 0.4) is 0 Å². The zero-order chi connectivity index (χ0) is 9.19. The molecule has 0 amide bonds. The Morgan fingerprint density at radius 1 is 1.33 bits per heavy atom. The molecule has 0 heterocycles. The van der Waals surface area contributed by atoms with Crippen LogP contribution in [0.15, 0.2) is 0 Å². The summed E-state index contributed by atoms with van der Waals surface area (Å²) in [5, 5.41) is 12.5. The van der Waals surface area contributed by atoms with E-state index in [1.807, 2.05) is 0 Å². The summed E-state index contributed by atoms with van der Waals surface area (Å²) < 4.78 is 0. The molecular weight excluding hydrogens is 150 g/mol. The van der Waals surface area contributed by atoms with E-state index in [0.717, 1.165) is 6.42 Å². The van der Waals surface area contributed by atoms with Crippen molar-refractivity contribution in [1.82, 2.24) is 5.32 Å². The molecule has 2 nitrogen and oxygen atoms in total. The average Bonchev–Trinajstić information content (AvgIpc) is 2.32. The molecule has 0 bridgehead atoms. The van der Waals surface area contributed by atoms with E-state index in [9.17, 15) is 0 Å². The van der Waals surface area contributed by atoms with E-state index < -0.39 is 0 Å². The molecule has 0 radical (unpaired) electrons. The van der Waals surface area contributed by atoms with Gasteiger partial charge in [-0.15, -0.1) is 0 Å². The van der Waals surface area contributed by atoms with Gasteiger partial charge in [0.25, 0.3) is 0 Å². The predicted octanol–water partition coefficient (Wildman–Crippen LogP) is 1.54. The van der Waals surface area contributed by atoms with Gasteiger partial charge in [-0.2, -0.15) is 0 Å². The summed E-state index contributed by atoms with van der Waals surface area (Å²) in [5.41, 5.74) is 0.217. The third-order valence-electron chi connectivity index (χ3n) is 2.44. The molecule has 2 atom stereocenters. The van der Waals surface area contributed by atoms with Crippen LogP contribution in [0.1, 0.15) is 40.0 Å². The Hall–Kier alpha value is -0.0800. The van der Waals surface area contributed by atoms with Crippen molar-refractivity contribution in [2.24, 2.45) is 5.92 Å². The highest BCUT2D eigenvalue weighted by molar-refractivity contribution is 4.85. The number of aliphatic hydroxyl groups is 1. The van der Waals surface area contributed by atoms with Crippen molar-refractivity contribution in [2.45, 2.75) is 51.6 Å². The van der Waals surface area contributed by atoms with E-state index in [4.69, 9.17) is 5.11 Å². The van der Waals surface area contributed by atoms with Crippen molar-refractivity contribution >= 4 is 0 Å². The Balaban J connectivity index is 2.28. The van der Waals surface area contributed by atoms with E-state index in [2.05, 4.69) is 26.1 Å². The molecule has 1 unspecified atom stereocenters. The first-order valence-electron chi connectivity index (χ1n) is 4.90. The van der Waals surface area contributed by atoms with Crippen LogP contribution >= 0.6 is 0 Å². The predicted molar refractivity (Wildman–Crippen MR) is 51.1 cm³/mol. The molecule has 0 aromatic heterocycles. The molecular formula is C10H21NO. The fourth-order valence-corrected chi connectivity index (χ4v) is 1.98. The number of hydrogen-bond acceptors (Lipinski definition) is 2. The van der Waals surface area contributed by atoms with Crippen LogP contribution in [0.5, 0.6) is 0 Å². The summed E-state index contributed by atoms with van der Waals surface area (Å²) in [6, 6.07) is 0.627. The second kappa shape index (κ2) is 3.75. The van der Waals surface area contributed by atoms with Crippen LogP contribution in [-0.4, -0.2) is 23.3 Å². The Bertz CT molecular complexity index is 139. The van der Waals surface area contributed by atoms with Gasteiger partial charge < -0.3 is 10.4 Å². The molecule has 0 aromatic rings. The van der Waals surface area contributed by atoms with Gasteiger partial charge in [0.1, 0.15) is 0 Å². The van der Waals surface area contributed by atoms with Crippen LogP contribution in [0, 0.1) is 5.92 Å². The topological polar surface area (TPSA) is 32.3 Å². The van der Waals surface area contributed by atoms with Crippen LogP contribution < -0.4 is 5.32 Å². The standard InChI is InChI=1S/C10H21NO/c1-10(2,3)11-9-5-4-8(6-9)7-12/h8-9,11-12H,4-7H2,1-3H3/t8-,9?/m0/s1. The molecule has 0 saturated heterocycles. The lowest BCUT2D eigenvalue weighted by molar-refractivity contribution is 0.225. The highest BCUT2D eigenvalue weighted by Crippen LogP contribution is 2.26. The van der Waals surface area contributed by atoms with Gasteiger partial charge >= 0.3 is 0 Å². The summed E-state index contributed by atoms with van der Waals surface area (Å²) in [6.07, 6.45) is 3.56. The summed E-state index contributed by atoms with van der Waals surface area (Å²) in [6.45, 7) is 6.94. The van der Waals surface area contributed by atoms with E-state index in [-0.39, 0.29) is 5.54 Å². The van der Waals surface area contributed by atoms with Gasteiger partial charge in [0.05, 0.1) is 0 Å². The molecule has 1 aliphatic rings. The fourth-order valence-electron chi connectivity index (χ4n) is 1.98. The van der Waals surface area contributed by atoms with Gasteiger partial charge in [-0.05, 0) is 46.0 Å². The molecule has 0 spiro atoms. The summed E-state index contributed by atoms with van der Waals surface area (Å²) in [5.74, 6) is 0.546. The molecule has 1 aliphatic carbocycles. The third kappa shape index (κ3) is 3.11. The normalized spacial score (nSPS) is 31.0. The smallest absolute Gasteiger partial charge is 0.0459 e. The van der Waals surface area contributed by atoms with Crippen molar-refractivity contribution in [2.75, 3.05) is 6.61 Å². The van der Waals surface area contributed by atoms with E-state index in [1.165, 1.54) is 12.8 Å². The lowest BCUT2D eigenvalue weighted by atomic mass is 10.1. The maximum atomic E-state index is 8.95. The molecule has 2 heteroatoms. The first kappa shape index (κ1) is 10.0. The molecule has 1 saturated carbocycles. The van der Waals surface area contributed by atoms with Crippen molar-refractivity contribution < 1.29 is 5.11 Å². The number of aliphatic hydroxyl groups excluding tert-OH is 1. The lowest BCUT2D eigenvalue weighted by Crippen LogP contribution is -2.42. The highest BCUT2D eigenvalue weighted by atomic mass is 16.3. The van der Waals surface area contributed by atoms with Crippen LogP contribution in [0.2, 0.25) is 0 Å². The van der Waals surface area contributed by atoms with Crippen LogP contribution in [0.4, 0.5) is 0 Å². The second-order valence-electron chi connectivity index (χ2n) is 4.95. The van der Waals surface area contributed by atoms with Gasteiger partial charge in [-0.25, -0.2) is 0 Å². The molecule has 12 heavy (non-hydrogen) atoms. The van der Waals surface area contributed by atoms with Gasteiger partial charge in [-0.1, -0.05) is 0 Å². The van der Waals surface area contributed by atoms with Gasteiger partial charge in [0.15, 0.2) is 0 Å².